The van der Waals surface area contributed by atoms with E-state index in [-0.39, 0.29) is 0 Å². The van der Waals surface area contributed by atoms with E-state index in [4.69, 9.17) is 5.73 Å². The minimum atomic E-state index is -0.542. The number of aromatic nitrogens is 2. The topological polar surface area (TPSA) is 96.7 Å². The molecule has 0 saturated carbocycles. The Kier molecular flexibility index (Phi) is 4.69. The van der Waals surface area contributed by atoms with Gasteiger partial charge in [0.15, 0.2) is 0 Å². The maximum atomic E-state index is 11.1. The van der Waals surface area contributed by atoms with Gasteiger partial charge in [-0.25, -0.2) is 4.68 Å². The van der Waals surface area contributed by atoms with Crippen LogP contribution in [0.3, 0.4) is 0 Å². The van der Waals surface area contributed by atoms with Gasteiger partial charge in [-0.3, -0.25) is 4.79 Å². The Bertz CT molecular complexity index is 684. The molecule has 0 unspecified atom stereocenters. The Morgan fingerprint density at radius 1 is 1.52 bits per heavy atom. The minimum absolute atomic E-state index is 0.313. The molecule has 0 saturated heterocycles. The molecule has 6 nitrogen and oxygen atoms in total. The number of amides is 1. The number of hydrogen-bond donors (Lipinski definition) is 2. The number of benzene rings is 1. The number of carbonyl (C=O) groups excluding carboxylic acids is 1. The van der Waals surface area contributed by atoms with E-state index in [1.54, 1.807) is 0 Å². The molecule has 0 aliphatic heterocycles. The summed E-state index contributed by atoms with van der Waals surface area (Å²) in [5, 5.41) is 16.6. The Morgan fingerprint density at radius 2 is 2.33 bits per heavy atom. The first kappa shape index (κ1) is 14.8. The number of nitrogens with one attached hydrogen (secondary N) is 1. The molecule has 1 amide bonds. The molecule has 0 spiro atoms. The molecule has 108 valence electrons. The molecule has 1 heterocycles. The highest BCUT2D eigenvalue weighted by atomic mass is 16.1. The molecular weight excluding hydrogens is 266 g/mol. The lowest BCUT2D eigenvalue weighted by Crippen LogP contribution is -2.14. The van der Waals surface area contributed by atoms with Crippen LogP contribution < -0.4 is 11.1 Å². The first-order valence-corrected chi connectivity index (χ1v) is 6.74. The van der Waals surface area contributed by atoms with Crippen LogP contribution in [-0.4, -0.2) is 22.2 Å². The Morgan fingerprint density at radius 3 is 2.95 bits per heavy atom. The molecule has 0 radical (unpaired) electrons. The molecule has 0 fully saturated rings. The molecular formula is C15H17N5O. The molecule has 3 N–H and O–H groups in total. The second kappa shape index (κ2) is 6.68. The summed E-state index contributed by atoms with van der Waals surface area (Å²) >= 11 is 0. The van der Waals surface area contributed by atoms with Crippen molar-refractivity contribution in [3.05, 3.63) is 47.3 Å². The molecule has 1 aromatic carbocycles. The van der Waals surface area contributed by atoms with Crippen LogP contribution >= 0.6 is 0 Å². The second-order valence-corrected chi connectivity index (χ2v) is 4.68. The van der Waals surface area contributed by atoms with Crippen molar-refractivity contribution in [1.82, 2.24) is 15.1 Å². The van der Waals surface area contributed by atoms with Crippen LogP contribution in [0, 0.1) is 11.3 Å². The van der Waals surface area contributed by atoms with Gasteiger partial charge < -0.3 is 11.1 Å². The van der Waals surface area contributed by atoms with Crippen LogP contribution in [0.1, 0.15) is 34.8 Å². The van der Waals surface area contributed by atoms with Gasteiger partial charge in [0.1, 0.15) is 6.07 Å². The monoisotopic (exact) mass is 283 g/mol. The average Bonchev–Trinajstić information content (AvgIpc) is 2.97. The number of rotatable bonds is 6. The van der Waals surface area contributed by atoms with Crippen molar-refractivity contribution in [1.29, 1.82) is 5.26 Å². The van der Waals surface area contributed by atoms with Crippen molar-refractivity contribution in [2.45, 2.75) is 19.9 Å². The fourth-order valence-electron chi connectivity index (χ4n) is 1.97. The predicted octanol–water partition coefficient (Wildman–Crippen LogP) is 1.34. The van der Waals surface area contributed by atoms with Crippen LogP contribution in [0.4, 0.5) is 0 Å². The summed E-state index contributed by atoms with van der Waals surface area (Å²) in [6.45, 7) is 3.75. The average molecular weight is 283 g/mol. The maximum absolute atomic E-state index is 11.1. The first-order valence-electron chi connectivity index (χ1n) is 6.74. The van der Waals surface area contributed by atoms with Crippen molar-refractivity contribution >= 4 is 5.91 Å². The number of primary amides is 1. The van der Waals surface area contributed by atoms with Gasteiger partial charge in [-0.15, -0.1) is 0 Å². The lowest BCUT2D eigenvalue weighted by atomic mass is 10.1. The van der Waals surface area contributed by atoms with Crippen LogP contribution in [-0.2, 0) is 6.54 Å². The summed E-state index contributed by atoms with van der Waals surface area (Å²) in [5.41, 5.74) is 7.68. The zero-order valence-corrected chi connectivity index (χ0v) is 11.8. The number of hydrogen-bond acceptors (Lipinski definition) is 4. The van der Waals surface area contributed by atoms with E-state index >= 15 is 0 Å². The van der Waals surface area contributed by atoms with Gasteiger partial charge in [-0.05, 0) is 30.7 Å². The number of nitrogens with two attached hydrogens (primary N) is 1. The number of nitrogens with zero attached hydrogens (tertiary/aromatic N) is 3. The molecule has 21 heavy (non-hydrogen) atoms. The zero-order valence-electron chi connectivity index (χ0n) is 11.8. The highest BCUT2D eigenvalue weighted by molar-refractivity contribution is 5.92. The molecule has 6 heteroatoms. The van der Waals surface area contributed by atoms with Gasteiger partial charge >= 0.3 is 0 Å². The van der Waals surface area contributed by atoms with Gasteiger partial charge in [0.25, 0.3) is 5.91 Å². The predicted molar refractivity (Wildman–Crippen MR) is 78.8 cm³/mol. The smallest absolute Gasteiger partial charge is 0.251 e. The van der Waals surface area contributed by atoms with Crippen molar-refractivity contribution in [3.8, 4) is 11.8 Å². The molecule has 0 bridgehead atoms. The van der Waals surface area contributed by atoms with Gasteiger partial charge in [0.2, 0.25) is 0 Å². The summed E-state index contributed by atoms with van der Waals surface area (Å²) in [6, 6.07) is 7.74. The third kappa shape index (κ3) is 3.46. The van der Waals surface area contributed by atoms with Crippen molar-refractivity contribution in [2.24, 2.45) is 5.73 Å². The molecule has 0 aliphatic rings. The van der Waals surface area contributed by atoms with Gasteiger partial charge in [-0.2, -0.15) is 10.4 Å². The largest absolute Gasteiger partial charge is 0.366 e. The summed E-state index contributed by atoms with van der Waals surface area (Å²) in [4.78, 5) is 11.1. The van der Waals surface area contributed by atoms with Crippen LogP contribution in [0.15, 0.2) is 30.6 Å². The summed E-state index contributed by atoms with van der Waals surface area (Å²) < 4.78 is 1.49. The number of nitriles is 1. The third-order valence-electron chi connectivity index (χ3n) is 3.05. The highest BCUT2D eigenvalue weighted by Crippen LogP contribution is 2.16. The fraction of sp³-hybridized carbons (Fsp3) is 0.267. The molecule has 2 rings (SSSR count). The summed E-state index contributed by atoms with van der Waals surface area (Å²) in [7, 11) is 0. The molecule has 0 atom stereocenters. The van der Waals surface area contributed by atoms with E-state index in [1.165, 1.54) is 17.1 Å². The third-order valence-corrected chi connectivity index (χ3v) is 3.05. The van der Waals surface area contributed by atoms with Crippen LogP contribution in [0.25, 0.3) is 5.69 Å². The number of carbonyl (C=O) groups is 1. The van der Waals surface area contributed by atoms with E-state index in [1.807, 2.05) is 18.2 Å². The van der Waals surface area contributed by atoms with Crippen LogP contribution in [0.2, 0.25) is 0 Å². The lowest BCUT2D eigenvalue weighted by molar-refractivity contribution is 0.100. The highest BCUT2D eigenvalue weighted by Gasteiger charge is 2.09. The molecule has 2 aromatic rings. The zero-order chi connectivity index (χ0) is 15.2. The standard InChI is InChI=1S/C15H17N5O/c1-2-5-18-8-11-3-4-14(12(6-11)7-16)20-10-13(9-19-20)15(17)21/h3-4,6,9-10,18H,2,5,8H2,1H3,(H2,17,21). The SMILES string of the molecule is CCCNCc1ccc(-n2cc(C(N)=O)cn2)c(C#N)c1. The normalized spacial score (nSPS) is 10.3. The van der Waals surface area contributed by atoms with Gasteiger partial charge in [-0.1, -0.05) is 13.0 Å². The quantitative estimate of drug-likeness (QED) is 0.782. The fourth-order valence-corrected chi connectivity index (χ4v) is 1.97. The van der Waals surface area contributed by atoms with Gasteiger partial charge in [0.05, 0.1) is 23.0 Å². The van der Waals surface area contributed by atoms with E-state index in [0.717, 1.165) is 18.5 Å². The van der Waals surface area contributed by atoms with Crippen molar-refractivity contribution < 1.29 is 4.79 Å². The lowest BCUT2D eigenvalue weighted by Gasteiger charge is -2.08. The molecule has 0 aliphatic carbocycles. The van der Waals surface area contributed by atoms with Gasteiger partial charge in [0, 0.05) is 12.7 Å². The Labute approximate surface area is 123 Å². The van der Waals surface area contributed by atoms with E-state index < -0.39 is 5.91 Å². The first-order chi connectivity index (χ1) is 10.2. The summed E-state index contributed by atoms with van der Waals surface area (Å²) in [5.74, 6) is -0.542. The van der Waals surface area contributed by atoms with E-state index in [0.29, 0.717) is 23.4 Å². The maximum Gasteiger partial charge on any atom is 0.251 e. The van der Waals surface area contributed by atoms with Crippen molar-refractivity contribution in [3.63, 3.8) is 0 Å². The Hall–Kier alpha value is -2.65. The van der Waals surface area contributed by atoms with Crippen LogP contribution in [0.5, 0.6) is 0 Å². The second-order valence-electron chi connectivity index (χ2n) is 4.68. The minimum Gasteiger partial charge on any atom is -0.366 e. The molecule has 1 aromatic heterocycles. The Balaban J connectivity index is 2.27. The van der Waals surface area contributed by atoms with E-state index in [9.17, 15) is 10.1 Å². The summed E-state index contributed by atoms with van der Waals surface area (Å²) in [6.07, 6.45) is 3.97. The van der Waals surface area contributed by atoms with E-state index in [2.05, 4.69) is 23.4 Å². The van der Waals surface area contributed by atoms with Crippen molar-refractivity contribution in [2.75, 3.05) is 6.54 Å².